The van der Waals surface area contributed by atoms with Crippen molar-refractivity contribution in [1.82, 2.24) is 15.6 Å². The molecule has 1 saturated heterocycles. The molecule has 0 bridgehead atoms. The van der Waals surface area contributed by atoms with Gasteiger partial charge in [-0.05, 0) is 18.6 Å². The van der Waals surface area contributed by atoms with Gasteiger partial charge in [0.1, 0.15) is 11.8 Å². The molecule has 6 nitrogen and oxygen atoms in total. The fraction of sp³-hybridized carbons (Fsp3) is 0.267. The third kappa shape index (κ3) is 3.38. The summed E-state index contributed by atoms with van der Waals surface area (Å²) in [4.78, 5) is 27.7. The zero-order chi connectivity index (χ0) is 17.3. The van der Waals surface area contributed by atoms with Crippen molar-refractivity contribution in [1.29, 1.82) is 0 Å². The van der Waals surface area contributed by atoms with Crippen LogP contribution in [0.5, 0.6) is 5.75 Å². The van der Waals surface area contributed by atoms with Gasteiger partial charge in [0.15, 0.2) is 0 Å². The van der Waals surface area contributed by atoms with Crippen LogP contribution < -0.4 is 15.4 Å². The lowest BCUT2D eigenvalue weighted by Gasteiger charge is -2.11. The number of fused-ring (bicyclic) bond motifs is 1. The molecule has 1 fully saturated rings. The summed E-state index contributed by atoms with van der Waals surface area (Å²) < 4.78 is 28.9. The standard InChI is InChI=1S/C15H12ClF2N3O3/c16-9-4-7-3-8(13(22)21-10-1-2-19-14(10)23)6-20-11(7)5-12(9)24-15(17)18/h3-6,10,15H,1-2H2,(H,19,23)(H,21,22)/t10-/m0/s1. The van der Waals surface area contributed by atoms with Gasteiger partial charge < -0.3 is 15.4 Å². The second kappa shape index (κ2) is 6.56. The van der Waals surface area contributed by atoms with Crippen molar-refractivity contribution in [2.24, 2.45) is 0 Å². The number of nitrogens with one attached hydrogen (secondary N) is 2. The Hall–Kier alpha value is -2.48. The predicted octanol–water partition coefficient (Wildman–Crippen LogP) is 2.11. The van der Waals surface area contributed by atoms with E-state index in [0.717, 1.165) is 0 Å². The number of benzene rings is 1. The molecule has 0 saturated carbocycles. The molecule has 3 rings (SSSR count). The Bertz CT molecular complexity index is 816. The van der Waals surface area contributed by atoms with Crippen LogP contribution in [0.3, 0.4) is 0 Å². The molecule has 0 spiro atoms. The summed E-state index contributed by atoms with van der Waals surface area (Å²) in [5.74, 6) is -0.865. The normalized spacial score (nSPS) is 17.2. The van der Waals surface area contributed by atoms with Crippen LogP contribution in [0.4, 0.5) is 8.78 Å². The van der Waals surface area contributed by atoms with Crippen LogP contribution in [0.15, 0.2) is 24.4 Å². The van der Waals surface area contributed by atoms with E-state index in [1.54, 1.807) is 0 Å². The molecule has 0 radical (unpaired) electrons. The molecule has 1 atom stereocenters. The Balaban J connectivity index is 1.85. The van der Waals surface area contributed by atoms with Crippen molar-refractivity contribution in [3.05, 3.63) is 35.0 Å². The number of rotatable bonds is 4. The fourth-order valence-corrected chi connectivity index (χ4v) is 2.63. The number of alkyl halides is 2. The van der Waals surface area contributed by atoms with Crippen LogP contribution in [-0.4, -0.2) is 36.0 Å². The van der Waals surface area contributed by atoms with E-state index in [0.29, 0.717) is 23.9 Å². The first-order valence-electron chi connectivity index (χ1n) is 7.07. The molecular formula is C15H12ClF2N3O3. The van der Waals surface area contributed by atoms with Crippen LogP contribution in [0.1, 0.15) is 16.8 Å². The van der Waals surface area contributed by atoms with E-state index in [1.807, 2.05) is 0 Å². The Labute approximate surface area is 140 Å². The van der Waals surface area contributed by atoms with E-state index in [2.05, 4.69) is 20.4 Å². The van der Waals surface area contributed by atoms with Gasteiger partial charge in [0, 0.05) is 24.2 Å². The van der Waals surface area contributed by atoms with Crippen LogP contribution in [0.2, 0.25) is 5.02 Å². The summed E-state index contributed by atoms with van der Waals surface area (Å²) in [5.41, 5.74) is 0.589. The van der Waals surface area contributed by atoms with Gasteiger partial charge in [0.25, 0.3) is 5.91 Å². The molecule has 24 heavy (non-hydrogen) atoms. The number of carbonyl (C=O) groups is 2. The third-order valence-electron chi connectivity index (χ3n) is 3.57. The number of hydrogen-bond donors (Lipinski definition) is 2. The van der Waals surface area contributed by atoms with Crippen molar-refractivity contribution >= 4 is 34.3 Å². The van der Waals surface area contributed by atoms with Gasteiger partial charge in [-0.15, -0.1) is 0 Å². The fourth-order valence-electron chi connectivity index (χ4n) is 2.41. The Kier molecular flexibility index (Phi) is 4.48. The van der Waals surface area contributed by atoms with Gasteiger partial charge >= 0.3 is 6.61 Å². The molecule has 2 N–H and O–H groups in total. The topological polar surface area (TPSA) is 80.3 Å². The van der Waals surface area contributed by atoms with E-state index in [9.17, 15) is 18.4 Å². The minimum atomic E-state index is -3.00. The molecule has 2 amide bonds. The molecular weight excluding hydrogens is 344 g/mol. The van der Waals surface area contributed by atoms with Crippen molar-refractivity contribution in [3.63, 3.8) is 0 Å². The van der Waals surface area contributed by atoms with E-state index < -0.39 is 18.6 Å². The molecule has 0 aliphatic carbocycles. The van der Waals surface area contributed by atoms with E-state index in [-0.39, 0.29) is 22.2 Å². The van der Waals surface area contributed by atoms with E-state index in [1.165, 1.54) is 24.4 Å². The van der Waals surface area contributed by atoms with E-state index in [4.69, 9.17) is 11.6 Å². The quantitative estimate of drug-likeness (QED) is 0.880. The lowest BCUT2D eigenvalue weighted by Crippen LogP contribution is -2.40. The SMILES string of the molecule is O=C(N[C@H]1CCNC1=O)c1cnc2cc(OC(F)F)c(Cl)cc2c1. The highest BCUT2D eigenvalue weighted by Crippen LogP contribution is 2.30. The Morgan fingerprint density at radius 2 is 2.21 bits per heavy atom. The molecule has 1 aromatic carbocycles. The second-order valence-electron chi connectivity index (χ2n) is 5.18. The number of halogens is 3. The molecule has 2 aromatic rings. The number of ether oxygens (including phenoxy) is 1. The van der Waals surface area contributed by atoms with Crippen LogP contribution >= 0.6 is 11.6 Å². The van der Waals surface area contributed by atoms with Crippen LogP contribution in [0, 0.1) is 0 Å². The second-order valence-corrected chi connectivity index (χ2v) is 5.59. The first-order chi connectivity index (χ1) is 11.4. The number of nitrogens with zero attached hydrogens (tertiary/aromatic N) is 1. The summed E-state index contributed by atoms with van der Waals surface area (Å²) in [6, 6.07) is 3.61. The average molecular weight is 356 g/mol. The minimum absolute atomic E-state index is 0.0164. The molecule has 126 valence electrons. The van der Waals surface area contributed by atoms with Crippen LogP contribution in [-0.2, 0) is 4.79 Å². The van der Waals surface area contributed by atoms with Crippen molar-refractivity contribution in [2.45, 2.75) is 19.1 Å². The van der Waals surface area contributed by atoms with E-state index >= 15 is 0 Å². The van der Waals surface area contributed by atoms with Crippen molar-refractivity contribution < 1.29 is 23.1 Å². The van der Waals surface area contributed by atoms with Gasteiger partial charge in [0.05, 0.1) is 16.1 Å². The summed E-state index contributed by atoms with van der Waals surface area (Å²) in [7, 11) is 0. The lowest BCUT2D eigenvalue weighted by molar-refractivity contribution is -0.120. The molecule has 1 aromatic heterocycles. The predicted molar refractivity (Wildman–Crippen MR) is 82.3 cm³/mol. The number of pyridine rings is 1. The lowest BCUT2D eigenvalue weighted by atomic mass is 10.1. The number of aromatic nitrogens is 1. The maximum atomic E-state index is 12.3. The average Bonchev–Trinajstić information content (AvgIpc) is 2.92. The zero-order valence-corrected chi connectivity index (χ0v) is 12.9. The third-order valence-corrected chi connectivity index (χ3v) is 3.86. The highest BCUT2D eigenvalue weighted by Gasteiger charge is 2.26. The number of carbonyl (C=O) groups excluding carboxylic acids is 2. The van der Waals surface area contributed by atoms with Gasteiger partial charge in [-0.1, -0.05) is 11.6 Å². The summed E-state index contributed by atoms with van der Waals surface area (Å²) in [6.07, 6.45) is 1.82. The monoisotopic (exact) mass is 355 g/mol. The van der Waals surface area contributed by atoms with Gasteiger partial charge in [0.2, 0.25) is 5.91 Å². The van der Waals surface area contributed by atoms with Gasteiger partial charge in [-0.2, -0.15) is 8.78 Å². The largest absolute Gasteiger partial charge is 0.433 e. The smallest absolute Gasteiger partial charge is 0.387 e. The number of amides is 2. The highest BCUT2D eigenvalue weighted by atomic mass is 35.5. The summed E-state index contributed by atoms with van der Waals surface area (Å²) in [5, 5.41) is 5.71. The first-order valence-corrected chi connectivity index (χ1v) is 7.44. The summed E-state index contributed by atoms with van der Waals surface area (Å²) >= 11 is 5.90. The molecule has 1 aliphatic heterocycles. The Morgan fingerprint density at radius 1 is 1.42 bits per heavy atom. The molecule has 1 aliphatic rings. The van der Waals surface area contributed by atoms with Gasteiger partial charge in [-0.3, -0.25) is 14.6 Å². The van der Waals surface area contributed by atoms with Crippen molar-refractivity contribution in [3.8, 4) is 5.75 Å². The molecule has 9 heteroatoms. The molecule has 0 unspecified atom stereocenters. The van der Waals surface area contributed by atoms with Crippen molar-refractivity contribution in [2.75, 3.05) is 6.54 Å². The highest BCUT2D eigenvalue weighted by molar-refractivity contribution is 6.32. The van der Waals surface area contributed by atoms with Crippen LogP contribution in [0.25, 0.3) is 10.9 Å². The first kappa shape index (κ1) is 16.4. The maximum absolute atomic E-state index is 12.3. The minimum Gasteiger partial charge on any atom is -0.433 e. The van der Waals surface area contributed by atoms with Gasteiger partial charge in [-0.25, -0.2) is 0 Å². The number of hydrogen-bond acceptors (Lipinski definition) is 4. The Morgan fingerprint density at radius 3 is 2.88 bits per heavy atom. The maximum Gasteiger partial charge on any atom is 0.387 e. The zero-order valence-electron chi connectivity index (χ0n) is 12.2. The molecule has 2 heterocycles. The summed E-state index contributed by atoms with van der Waals surface area (Å²) in [6.45, 7) is -2.48.